The summed E-state index contributed by atoms with van der Waals surface area (Å²) in [6, 6.07) is 16.7. The number of Topliss-reactive ketones (excluding diaryl/α,β-unsaturated/α-hetero) is 1. The van der Waals surface area contributed by atoms with Crippen LogP contribution in [0.25, 0.3) is 0 Å². The molecule has 3 N–H and O–H groups in total. The average Bonchev–Trinajstić information content (AvgIpc) is 2.62. The molecule has 0 spiro atoms. The van der Waals surface area contributed by atoms with E-state index in [1.54, 1.807) is 60.7 Å². The van der Waals surface area contributed by atoms with Gasteiger partial charge in [0, 0.05) is 11.1 Å². The van der Waals surface area contributed by atoms with Gasteiger partial charge in [-0.1, -0.05) is 48.6 Å². The Kier molecular flexibility index (Phi) is 6.46. The van der Waals surface area contributed by atoms with Crippen molar-refractivity contribution in [2.24, 2.45) is 16.6 Å². The molecule has 0 fully saturated rings. The van der Waals surface area contributed by atoms with Crippen LogP contribution in [0.5, 0.6) is 0 Å². The molecule has 2 rings (SSSR count). The fourth-order valence-corrected chi connectivity index (χ4v) is 2.58. The Labute approximate surface area is 156 Å². The summed E-state index contributed by atoms with van der Waals surface area (Å²) in [6.07, 6.45) is 0. The number of nitrogens with one attached hydrogen (secondary N) is 1. The molecule has 132 valence electrons. The van der Waals surface area contributed by atoms with E-state index in [2.05, 4.69) is 10.3 Å². The van der Waals surface area contributed by atoms with Gasteiger partial charge in [0.1, 0.15) is 22.5 Å². The molecule has 26 heavy (non-hydrogen) atoms. The van der Waals surface area contributed by atoms with Gasteiger partial charge in [0.15, 0.2) is 0 Å². The minimum Gasteiger partial charge on any atom is -0.386 e. The Morgan fingerprint density at radius 1 is 0.962 bits per heavy atom. The monoisotopic (exact) mass is 367 g/mol. The number of aliphatic imine (C=N–C) groups is 1. The van der Waals surface area contributed by atoms with E-state index in [4.69, 9.17) is 18.0 Å². The van der Waals surface area contributed by atoms with E-state index in [1.165, 1.54) is 6.92 Å². The van der Waals surface area contributed by atoms with E-state index in [9.17, 15) is 14.4 Å². The summed E-state index contributed by atoms with van der Waals surface area (Å²) in [4.78, 5) is 39.9. The molecule has 2 aromatic carbocycles. The number of carbonyl (C=O) groups is 3. The third kappa shape index (κ3) is 4.90. The maximum atomic E-state index is 12.2. The summed E-state index contributed by atoms with van der Waals surface area (Å²) in [7, 11) is 0. The van der Waals surface area contributed by atoms with Crippen molar-refractivity contribution in [2.75, 3.05) is 0 Å². The summed E-state index contributed by atoms with van der Waals surface area (Å²) in [5, 5.41) is 2.47. The first-order valence-electron chi connectivity index (χ1n) is 7.74. The first-order chi connectivity index (χ1) is 12.4. The quantitative estimate of drug-likeness (QED) is 0.479. The number of carbonyl (C=O) groups excluding carboxylic acids is 3. The highest BCUT2D eigenvalue weighted by molar-refractivity contribution is 7.80. The molecular formula is C19H17N3O3S. The zero-order valence-corrected chi connectivity index (χ0v) is 14.8. The summed E-state index contributed by atoms with van der Waals surface area (Å²) >= 11 is 5.15. The number of amidine groups is 1. The summed E-state index contributed by atoms with van der Waals surface area (Å²) in [5.74, 6) is -2.91. The van der Waals surface area contributed by atoms with Crippen molar-refractivity contribution >= 4 is 40.6 Å². The van der Waals surface area contributed by atoms with Crippen molar-refractivity contribution in [3.05, 3.63) is 71.8 Å². The number of benzene rings is 2. The van der Waals surface area contributed by atoms with Crippen molar-refractivity contribution in [1.82, 2.24) is 5.32 Å². The van der Waals surface area contributed by atoms with E-state index >= 15 is 0 Å². The van der Waals surface area contributed by atoms with Gasteiger partial charge in [-0.25, -0.2) is 0 Å². The van der Waals surface area contributed by atoms with Gasteiger partial charge in [-0.15, -0.1) is 0 Å². The molecule has 0 saturated carbocycles. The zero-order chi connectivity index (χ0) is 19.1. The van der Waals surface area contributed by atoms with Gasteiger partial charge in [-0.2, -0.15) is 4.99 Å². The largest absolute Gasteiger partial charge is 0.386 e. The number of nitrogens with two attached hydrogens (primary N) is 1. The number of hydrogen-bond acceptors (Lipinski definition) is 4. The standard InChI is InChI=1S/C19H17N3O3S/c1-12(23)15(16(20)21-17(24)13-8-4-2-5-9-13)19(26)22-18(25)14-10-6-3-7-11-14/h2-11,15H,1H3,(H2,20,21,24)(H,22,25,26). The van der Waals surface area contributed by atoms with Gasteiger partial charge in [-0.3, -0.25) is 14.4 Å². The highest BCUT2D eigenvalue weighted by Gasteiger charge is 2.26. The second-order valence-corrected chi connectivity index (χ2v) is 5.88. The van der Waals surface area contributed by atoms with Crippen LogP contribution in [0.1, 0.15) is 27.6 Å². The number of amides is 2. The SMILES string of the molecule is CC(=O)C(C(=S)NC(=O)c1ccccc1)C(N)=NC(=O)c1ccccc1. The molecule has 0 bridgehead atoms. The van der Waals surface area contributed by atoms with Gasteiger partial charge in [0.2, 0.25) is 0 Å². The molecule has 0 aliphatic heterocycles. The first-order valence-corrected chi connectivity index (χ1v) is 8.15. The molecule has 1 unspecified atom stereocenters. The molecule has 0 aliphatic carbocycles. The van der Waals surface area contributed by atoms with Gasteiger partial charge in [0.05, 0.1) is 0 Å². The second-order valence-electron chi connectivity index (χ2n) is 5.44. The van der Waals surface area contributed by atoms with Crippen LogP contribution in [0.15, 0.2) is 65.7 Å². The molecule has 7 heteroatoms. The third-order valence-corrected chi connectivity index (χ3v) is 3.83. The lowest BCUT2D eigenvalue weighted by molar-refractivity contribution is -0.117. The Balaban J connectivity index is 2.18. The van der Waals surface area contributed by atoms with Gasteiger partial charge < -0.3 is 11.1 Å². The van der Waals surface area contributed by atoms with Crippen LogP contribution in [0.3, 0.4) is 0 Å². The van der Waals surface area contributed by atoms with Crippen LogP contribution < -0.4 is 11.1 Å². The molecule has 1 atom stereocenters. The fraction of sp³-hybridized carbons (Fsp3) is 0.105. The number of rotatable bonds is 5. The van der Waals surface area contributed by atoms with Crippen LogP contribution in [0, 0.1) is 5.92 Å². The minimum absolute atomic E-state index is 0.103. The third-order valence-electron chi connectivity index (χ3n) is 3.49. The minimum atomic E-state index is -1.16. The van der Waals surface area contributed by atoms with Crippen molar-refractivity contribution < 1.29 is 14.4 Å². The lowest BCUT2D eigenvalue weighted by Gasteiger charge is -2.15. The average molecular weight is 367 g/mol. The van der Waals surface area contributed by atoms with E-state index < -0.39 is 23.5 Å². The maximum absolute atomic E-state index is 12.2. The normalized spacial score (nSPS) is 12.1. The summed E-state index contributed by atoms with van der Waals surface area (Å²) in [6.45, 7) is 1.26. The Hall–Kier alpha value is -3.19. The van der Waals surface area contributed by atoms with E-state index in [0.717, 1.165) is 0 Å². The summed E-state index contributed by atoms with van der Waals surface area (Å²) < 4.78 is 0. The molecule has 0 radical (unpaired) electrons. The molecular weight excluding hydrogens is 350 g/mol. The molecule has 2 amide bonds. The van der Waals surface area contributed by atoms with Crippen LogP contribution in [-0.2, 0) is 4.79 Å². The molecule has 6 nitrogen and oxygen atoms in total. The predicted molar refractivity (Wildman–Crippen MR) is 103 cm³/mol. The van der Waals surface area contributed by atoms with E-state index in [0.29, 0.717) is 11.1 Å². The Bertz CT molecular complexity index is 864. The number of hydrogen-bond donors (Lipinski definition) is 2. The Morgan fingerprint density at radius 3 is 1.96 bits per heavy atom. The molecule has 2 aromatic rings. The number of nitrogens with zero attached hydrogens (tertiary/aromatic N) is 1. The second kappa shape index (κ2) is 8.77. The van der Waals surface area contributed by atoms with Gasteiger partial charge >= 0.3 is 0 Å². The van der Waals surface area contributed by atoms with Crippen LogP contribution in [0.2, 0.25) is 0 Å². The van der Waals surface area contributed by atoms with Gasteiger partial charge in [0.25, 0.3) is 11.8 Å². The zero-order valence-electron chi connectivity index (χ0n) is 14.0. The lowest BCUT2D eigenvalue weighted by atomic mass is 10.0. The highest BCUT2D eigenvalue weighted by Crippen LogP contribution is 2.07. The van der Waals surface area contributed by atoms with Crippen molar-refractivity contribution in [3.63, 3.8) is 0 Å². The van der Waals surface area contributed by atoms with Crippen molar-refractivity contribution in [1.29, 1.82) is 0 Å². The van der Waals surface area contributed by atoms with Crippen LogP contribution in [0.4, 0.5) is 0 Å². The molecule has 0 aromatic heterocycles. The van der Waals surface area contributed by atoms with E-state index in [-0.39, 0.29) is 10.8 Å². The van der Waals surface area contributed by atoms with Crippen LogP contribution >= 0.6 is 12.2 Å². The molecule has 0 aliphatic rings. The first kappa shape index (κ1) is 19.1. The molecule has 0 saturated heterocycles. The smallest absolute Gasteiger partial charge is 0.278 e. The van der Waals surface area contributed by atoms with Crippen molar-refractivity contribution in [2.45, 2.75) is 6.92 Å². The topological polar surface area (TPSA) is 102 Å². The van der Waals surface area contributed by atoms with Crippen LogP contribution in [-0.4, -0.2) is 28.4 Å². The Morgan fingerprint density at radius 2 is 1.46 bits per heavy atom. The van der Waals surface area contributed by atoms with Crippen molar-refractivity contribution in [3.8, 4) is 0 Å². The predicted octanol–water partition coefficient (Wildman–Crippen LogP) is 2.15. The van der Waals surface area contributed by atoms with E-state index in [1.807, 2.05) is 0 Å². The highest BCUT2D eigenvalue weighted by atomic mass is 32.1. The van der Waals surface area contributed by atoms with Gasteiger partial charge in [-0.05, 0) is 31.2 Å². The summed E-state index contributed by atoms with van der Waals surface area (Å²) in [5.41, 5.74) is 6.55. The lowest BCUT2D eigenvalue weighted by Crippen LogP contribution is -2.44. The fourth-order valence-electron chi connectivity index (χ4n) is 2.20. The molecule has 0 heterocycles. The maximum Gasteiger partial charge on any atom is 0.278 e. The number of ketones is 1. The number of thiocarbonyl (C=S) groups is 1.